The maximum atomic E-state index is 12.3. The van der Waals surface area contributed by atoms with Crippen molar-refractivity contribution in [2.75, 3.05) is 13.6 Å². The van der Waals surface area contributed by atoms with Crippen LogP contribution in [0.1, 0.15) is 39.5 Å². The first kappa shape index (κ1) is 13.4. The summed E-state index contributed by atoms with van der Waals surface area (Å²) in [6, 6.07) is 0. The van der Waals surface area contributed by atoms with Gasteiger partial charge < -0.3 is 10.6 Å². The van der Waals surface area contributed by atoms with Gasteiger partial charge in [0.2, 0.25) is 5.91 Å². The van der Waals surface area contributed by atoms with Gasteiger partial charge in [-0.3, -0.25) is 4.79 Å². The summed E-state index contributed by atoms with van der Waals surface area (Å²) in [5, 5.41) is 0. The van der Waals surface area contributed by atoms with Crippen molar-refractivity contribution in [3.8, 4) is 0 Å². The van der Waals surface area contributed by atoms with Gasteiger partial charge in [0.05, 0.1) is 11.5 Å². The van der Waals surface area contributed by atoms with Gasteiger partial charge in [-0.25, -0.2) is 0 Å². The third-order valence-electron chi connectivity index (χ3n) is 3.57. The molecule has 16 heavy (non-hydrogen) atoms. The number of carbonyl (C=O) groups is 1. The number of hydrogen-bond donors (Lipinski definition) is 1. The summed E-state index contributed by atoms with van der Waals surface area (Å²) in [4.78, 5) is 14.3. The fourth-order valence-corrected chi connectivity index (χ4v) is 2.72. The van der Waals surface area contributed by atoms with Crippen molar-refractivity contribution in [1.29, 1.82) is 0 Å². The standard InChI is InChI=1S/C12H22N2OS/c1-12(2)7-5-4-6-9(12)11(15)14(3)8-10(13)16/h9H,4-8H2,1-3H3,(H2,13,16). The van der Waals surface area contributed by atoms with E-state index in [2.05, 4.69) is 13.8 Å². The normalized spacial score (nSPS) is 23.8. The highest BCUT2D eigenvalue weighted by Crippen LogP contribution is 2.41. The Bertz CT molecular complexity index is 289. The van der Waals surface area contributed by atoms with E-state index in [0.29, 0.717) is 11.5 Å². The topological polar surface area (TPSA) is 46.3 Å². The molecule has 1 rings (SSSR count). The van der Waals surface area contributed by atoms with Crippen LogP contribution < -0.4 is 5.73 Å². The molecule has 1 amide bonds. The molecule has 3 nitrogen and oxygen atoms in total. The molecule has 1 atom stereocenters. The highest BCUT2D eigenvalue weighted by molar-refractivity contribution is 7.80. The van der Waals surface area contributed by atoms with Gasteiger partial charge in [0.1, 0.15) is 0 Å². The minimum Gasteiger partial charge on any atom is -0.392 e. The molecule has 0 radical (unpaired) electrons. The summed E-state index contributed by atoms with van der Waals surface area (Å²) in [6.07, 6.45) is 4.51. The Morgan fingerprint density at radius 2 is 2.12 bits per heavy atom. The van der Waals surface area contributed by atoms with Gasteiger partial charge in [0.25, 0.3) is 0 Å². The van der Waals surface area contributed by atoms with E-state index in [1.54, 1.807) is 11.9 Å². The lowest BCUT2D eigenvalue weighted by atomic mass is 9.68. The number of nitrogens with zero attached hydrogens (tertiary/aromatic N) is 1. The Labute approximate surface area is 103 Å². The fourth-order valence-electron chi connectivity index (χ4n) is 2.53. The fraction of sp³-hybridized carbons (Fsp3) is 0.833. The van der Waals surface area contributed by atoms with Crippen LogP contribution >= 0.6 is 12.2 Å². The molecule has 0 aromatic carbocycles. The quantitative estimate of drug-likeness (QED) is 0.769. The molecule has 0 heterocycles. The Morgan fingerprint density at radius 3 is 2.62 bits per heavy atom. The average molecular weight is 242 g/mol. The molecule has 1 aliphatic carbocycles. The minimum absolute atomic E-state index is 0.111. The van der Waals surface area contributed by atoms with Gasteiger partial charge in [-0.05, 0) is 18.3 Å². The number of likely N-dealkylation sites (N-methyl/N-ethyl adjacent to an activating group) is 1. The molecule has 0 spiro atoms. The second-order valence-corrected chi connectivity index (χ2v) is 5.97. The number of thiocarbonyl (C=S) groups is 1. The van der Waals surface area contributed by atoms with E-state index in [9.17, 15) is 4.79 Å². The van der Waals surface area contributed by atoms with E-state index in [4.69, 9.17) is 18.0 Å². The Morgan fingerprint density at radius 1 is 1.50 bits per heavy atom. The molecule has 1 unspecified atom stereocenters. The van der Waals surface area contributed by atoms with Crippen LogP contribution in [-0.4, -0.2) is 29.4 Å². The predicted molar refractivity (Wildman–Crippen MR) is 70.2 cm³/mol. The zero-order valence-corrected chi connectivity index (χ0v) is 11.3. The van der Waals surface area contributed by atoms with Crippen molar-refractivity contribution in [2.45, 2.75) is 39.5 Å². The van der Waals surface area contributed by atoms with Crippen molar-refractivity contribution in [3.63, 3.8) is 0 Å². The number of rotatable bonds is 3. The lowest BCUT2D eigenvalue weighted by Crippen LogP contribution is -2.44. The number of amides is 1. The average Bonchev–Trinajstić information content (AvgIpc) is 2.15. The largest absolute Gasteiger partial charge is 0.392 e. The first-order valence-electron chi connectivity index (χ1n) is 5.88. The van der Waals surface area contributed by atoms with Crippen LogP contribution in [0.15, 0.2) is 0 Å². The summed E-state index contributed by atoms with van der Waals surface area (Å²) in [7, 11) is 1.78. The first-order valence-corrected chi connectivity index (χ1v) is 6.28. The van der Waals surface area contributed by atoms with Gasteiger partial charge >= 0.3 is 0 Å². The molecule has 1 aliphatic rings. The highest BCUT2D eigenvalue weighted by atomic mass is 32.1. The molecule has 0 aromatic heterocycles. The van der Waals surface area contributed by atoms with E-state index in [1.165, 1.54) is 6.42 Å². The second-order valence-electron chi connectivity index (χ2n) is 5.45. The van der Waals surface area contributed by atoms with Crippen LogP contribution in [0.5, 0.6) is 0 Å². The highest BCUT2D eigenvalue weighted by Gasteiger charge is 2.38. The van der Waals surface area contributed by atoms with Gasteiger partial charge in [0.15, 0.2) is 0 Å². The first-order chi connectivity index (χ1) is 7.34. The Kier molecular flexibility index (Phi) is 4.30. The number of nitrogens with two attached hydrogens (primary N) is 1. The molecule has 2 N–H and O–H groups in total. The smallest absolute Gasteiger partial charge is 0.226 e. The van der Waals surface area contributed by atoms with Gasteiger partial charge in [0, 0.05) is 13.0 Å². The molecule has 92 valence electrons. The Balaban J connectivity index is 2.68. The zero-order chi connectivity index (χ0) is 12.3. The third-order valence-corrected chi connectivity index (χ3v) is 3.70. The van der Waals surface area contributed by atoms with E-state index in [1.807, 2.05) is 0 Å². The summed E-state index contributed by atoms with van der Waals surface area (Å²) in [5.74, 6) is 0.318. The molecule has 0 aliphatic heterocycles. The monoisotopic (exact) mass is 242 g/mol. The zero-order valence-electron chi connectivity index (χ0n) is 10.5. The van der Waals surface area contributed by atoms with Crippen LogP contribution in [0, 0.1) is 11.3 Å². The molecule has 0 bridgehead atoms. The minimum atomic E-state index is 0.111. The summed E-state index contributed by atoms with van der Waals surface area (Å²) < 4.78 is 0. The SMILES string of the molecule is CN(CC(N)=S)C(=O)C1CCCCC1(C)C. The third kappa shape index (κ3) is 3.17. The molecule has 0 saturated heterocycles. The van der Waals surface area contributed by atoms with Crippen LogP contribution in [0.4, 0.5) is 0 Å². The molecule has 0 aromatic rings. The van der Waals surface area contributed by atoms with Gasteiger partial charge in [-0.1, -0.05) is 38.9 Å². The molecule has 4 heteroatoms. The van der Waals surface area contributed by atoms with E-state index in [0.717, 1.165) is 19.3 Å². The summed E-state index contributed by atoms with van der Waals surface area (Å²) >= 11 is 4.83. The molecule has 1 saturated carbocycles. The van der Waals surface area contributed by atoms with Gasteiger partial charge in [-0.2, -0.15) is 0 Å². The number of hydrogen-bond acceptors (Lipinski definition) is 2. The summed E-state index contributed by atoms with van der Waals surface area (Å²) in [5.41, 5.74) is 5.58. The maximum Gasteiger partial charge on any atom is 0.226 e. The lowest BCUT2D eigenvalue weighted by molar-refractivity contribution is -0.139. The van der Waals surface area contributed by atoms with Gasteiger partial charge in [-0.15, -0.1) is 0 Å². The second kappa shape index (κ2) is 5.13. The van der Waals surface area contributed by atoms with E-state index in [-0.39, 0.29) is 17.2 Å². The van der Waals surface area contributed by atoms with E-state index >= 15 is 0 Å². The van der Waals surface area contributed by atoms with Crippen molar-refractivity contribution in [1.82, 2.24) is 4.90 Å². The van der Waals surface area contributed by atoms with Crippen LogP contribution in [-0.2, 0) is 4.79 Å². The van der Waals surface area contributed by atoms with Crippen molar-refractivity contribution in [2.24, 2.45) is 17.1 Å². The number of carbonyl (C=O) groups excluding carboxylic acids is 1. The van der Waals surface area contributed by atoms with Crippen molar-refractivity contribution < 1.29 is 4.79 Å². The van der Waals surface area contributed by atoms with E-state index < -0.39 is 0 Å². The molecular weight excluding hydrogens is 220 g/mol. The van der Waals surface area contributed by atoms with Crippen LogP contribution in [0.3, 0.4) is 0 Å². The summed E-state index contributed by atoms with van der Waals surface area (Å²) in [6.45, 7) is 4.76. The van der Waals surface area contributed by atoms with Crippen molar-refractivity contribution >= 4 is 23.1 Å². The Hall–Kier alpha value is -0.640. The van der Waals surface area contributed by atoms with Crippen LogP contribution in [0.25, 0.3) is 0 Å². The van der Waals surface area contributed by atoms with Crippen LogP contribution in [0.2, 0.25) is 0 Å². The maximum absolute atomic E-state index is 12.3. The predicted octanol–water partition coefficient (Wildman–Crippen LogP) is 1.95. The molecule has 1 fully saturated rings. The molecular formula is C12H22N2OS. The van der Waals surface area contributed by atoms with Crippen molar-refractivity contribution in [3.05, 3.63) is 0 Å². The lowest BCUT2D eigenvalue weighted by Gasteiger charge is -2.39.